The van der Waals surface area contributed by atoms with Gasteiger partial charge in [0, 0.05) is 96.3 Å². The molecule has 3 aliphatic rings. The first-order valence-corrected chi connectivity index (χ1v) is 21.0. The molecule has 306 valence electrons. The number of fused-ring (bicyclic) bond motifs is 2. The molecule has 0 radical (unpaired) electrons. The summed E-state index contributed by atoms with van der Waals surface area (Å²) in [6.45, 7) is 4.97. The number of carbonyl (C=O) groups excluding carboxylic acids is 1. The molecule has 0 aliphatic carbocycles. The number of hydrogen-bond donors (Lipinski definition) is 3. The van der Waals surface area contributed by atoms with Gasteiger partial charge in [0.15, 0.2) is 0 Å². The first kappa shape index (κ1) is 41.2. The van der Waals surface area contributed by atoms with Gasteiger partial charge in [0.2, 0.25) is 0 Å². The molecule has 60 heavy (non-hydrogen) atoms. The zero-order valence-corrected chi connectivity index (χ0v) is 35.3. The van der Waals surface area contributed by atoms with Crippen molar-refractivity contribution in [1.82, 2.24) is 19.9 Å². The summed E-state index contributed by atoms with van der Waals surface area (Å²) >= 11 is 25.1. The van der Waals surface area contributed by atoms with Crippen molar-refractivity contribution in [2.45, 2.75) is 32.0 Å². The molecule has 15 heteroatoms. The maximum absolute atomic E-state index is 13.5. The minimum atomic E-state index is -0.964. The van der Waals surface area contributed by atoms with Crippen molar-refractivity contribution in [2.24, 2.45) is 0 Å². The van der Waals surface area contributed by atoms with Crippen LogP contribution in [0.5, 0.6) is 0 Å². The molecular weight excluding hydrogens is 842 g/mol. The van der Waals surface area contributed by atoms with Crippen molar-refractivity contribution in [3.63, 3.8) is 0 Å². The van der Waals surface area contributed by atoms with Gasteiger partial charge in [0.1, 0.15) is 11.6 Å². The SMILES string of the molecule is O=C(O)c1ccccc1-c1cnc2c(c1)N(Cc1cc(Cl)ccc1Cl)CCN2.O=C(c1cnc2c(c1)N(Cc1cc(Cl)ccc1Cl)CCN2)N1CCCC1c1cccnc1. The van der Waals surface area contributed by atoms with E-state index in [1.165, 1.54) is 0 Å². The highest BCUT2D eigenvalue weighted by Gasteiger charge is 2.32. The van der Waals surface area contributed by atoms with E-state index in [1.807, 2.05) is 59.6 Å². The van der Waals surface area contributed by atoms with Gasteiger partial charge in [-0.1, -0.05) is 70.7 Å². The van der Waals surface area contributed by atoms with E-state index in [9.17, 15) is 14.7 Å². The molecule has 3 N–H and O–H groups in total. The zero-order valence-electron chi connectivity index (χ0n) is 32.3. The fourth-order valence-electron chi connectivity index (χ4n) is 7.87. The molecule has 1 saturated heterocycles. The van der Waals surface area contributed by atoms with Crippen molar-refractivity contribution in [3.05, 3.63) is 158 Å². The van der Waals surface area contributed by atoms with Gasteiger partial charge in [-0.3, -0.25) is 9.78 Å². The van der Waals surface area contributed by atoms with Gasteiger partial charge in [-0.05, 0) is 95.8 Å². The molecule has 0 spiro atoms. The van der Waals surface area contributed by atoms with Crippen LogP contribution in [0.2, 0.25) is 20.1 Å². The summed E-state index contributed by atoms with van der Waals surface area (Å²) in [5.74, 6) is 0.573. The van der Waals surface area contributed by atoms with Gasteiger partial charge in [-0.15, -0.1) is 0 Å². The second-order valence-corrected chi connectivity index (χ2v) is 16.3. The molecule has 6 aromatic rings. The Labute approximate surface area is 367 Å². The summed E-state index contributed by atoms with van der Waals surface area (Å²) in [5, 5.41) is 18.7. The maximum Gasteiger partial charge on any atom is 0.336 e. The van der Waals surface area contributed by atoms with Crippen LogP contribution in [0.25, 0.3) is 11.1 Å². The number of halogens is 4. The van der Waals surface area contributed by atoms with Crippen LogP contribution in [0.3, 0.4) is 0 Å². The molecule has 3 aliphatic heterocycles. The minimum absolute atomic E-state index is 0.00188. The van der Waals surface area contributed by atoms with Crippen LogP contribution in [0.1, 0.15) is 56.3 Å². The van der Waals surface area contributed by atoms with E-state index in [4.69, 9.17) is 46.4 Å². The first-order valence-electron chi connectivity index (χ1n) is 19.5. The van der Waals surface area contributed by atoms with Crippen LogP contribution in [-0.2, 0) is 13.1 Å². The summed E-state index contributed by atoms with van der Waals surface area (Å²) in [6, 6.07) is 25.7. The lowest BCUT2D eigenvalue weighted by molar-refractivity contribution is 0.0695. The quantitative estimate of drug-likeness (QED) is 0.136. The molecule has 1 atom stereocenters. The number of carbonyl (C=O) groups is 2. The third kappa shape index (κ3) is 9.10. The van der Waals surface area contributed by atoms with E-state index in [-0.39, 0.29) is 17.5 Å². The fraction of sp³-hybridized carbons (Fsp3) is 0.222. The number of aromatic nitrogens is 3. The Bertz CT molecular complexity index is 2550. The first-order chi connectivity index (χ1) is 29.1. The molecule has 3 aromatic carbocycles. The molecule has 1 unspecified atom stereocenters. The van der Waals surface area contributed by atoms with E-state index in [0.29, 0.717) is 44.3 Å². The molecule has 11 nitrogen and oxygen atoms in total. The summed E-state index contributed by atoms with van der Waals surface area (Å²) in [6.07, 6.45) is 8.89. The summed E-state index contributed by atoms with van der Waals surface area (Å²) in [4.78, 5) is 44.7. The van der Waals surface area contributed by atoms with Gasteiger partial charge in [0.25, 0.3) is 5.91 Å². The maximum atomic E-state index is 13.5. The Balaban J connectivity index is 0.000000168. The number of nitrogens with zero attached hydrogens (tertiary/aromatic N) is 6. The Kier molecular flexibility index (Phi) is 12.6. The minimum Gasteiger partial charge on any atom is -0.478 e. The van der Waals surface area contributed by atoms with Gasteiger partial charge < -0.3 is 30.4 Å². The molecule has 0 bridgehead atoms. The summed E-state index contributed by atoms with van der Waals surface area (Å²) < 4.78 is 0. The van der Waals surface area contributed by atoms with Crippen LogP contribution >= 0.6 is 46.4 Å². The number of likely N-dealkylation sites (tertiary alicyclic amines) is 1. The summed E-state index contributed by atoms with van der Waals surface area (Å²) in [7, 11) is 0. The number of nitrogens with one attached hydrogen (secondary N) is 2. The van der Waals surface area contributed by atoms with Crippen LogP contribution < -0.4 is 20.4 Å². The number of carboxylic acid groups (broad SMARTS) is 1. The third-order valence-electron chi connectivity index (χ3n) is 10.8. The lowest BCUT2D eigenvalue weighted by Gasteiger charge is -2.32. The van der Waals surface area contributed by atoms with E-state index in [1.54, 1.807) is 55.0 Å². The average Bonchev–Trinajstić information content (AvgIpc) is 3.77. The Morgan fingerprint density at radius 2 is 1.35 bits per heavy atom. The van der Waals surface area contributed by atoms with Crippen LogP contribution in [-0.4, -0.2) is 69.6 Å². The number of benzene rings is 3. The Morgan fingerprint density at radius 3 is 1.98 bits per heavy atom. The second kappa shape index (κ2) is 18.4. The highest BCUT2D eigenvalue weighted by molar-refractivity contribution is 6.34. The molecule has 6 heterocycles. The van der Waals surface area contributed by atoms with Crippen molar-refractivity contribution < 1.29 is 14.7 Å². The highest BCUT2D eigenvalue weighted by Crippen LogP contribution is 2.37. The number of hydrogen-bond acceptors (Lipinski definition) is 9. The van der Waals surface area contributed by atoms with E-state index < -0.39 is 5.97 Å². The number of pyridine rings is 3. The molecular formula is C45H40Cl4N8O3. The molecule has 0 saturated carbocycles. The lowest BCUT2D eigenvalue weighted by Crippen LogP contribution is -2.35. The van der Waals surface area contributed by atoms with Gasteiger partial charge in [-0.2, -0.15) is 0 Å². The van der Waals surface area contributed by atoms with E-state index in [2.05, 4.69) is 35.4 Å². The topological polar surface area (TPSA) is 127 Å². The number of carboxylic acids is 1. The monoisotopic (exact) mass is 880 g/mol. The lowest BCUT2D eigenvalue weighted by atomic mass is 10.0. The van der Waals surface area contributed by atoms with Crippen LogP contribution in [0, 0.1) is 0 Å². The van der Waals surface area contributed by atoms with Crippen molar-refractivity contribution in [2.75, 3.05) is 53.2 Å². The average molecular weight is 883 g/mol. The largest absolute Gasteiger partial charge is 0.478 e. The van der Waals surface area contributed by atoms with Crippen molar-refractivity contribution in [1.29, 1.82) is 0 Å². The molecule has 1 fully saturated rings. The van der Waals surface area contributed by atoms with Crippen molar-refractivity contribution >= 4 is 81.3 Å². The number of rotatable bonds is 8. The van der Waals surface area contributed by atoms with Crippen LogP contribution in [0.4, 0.5) is 23.0 Å². The van der Waals surface area contributed by atoms with Crippen LogP contribution in [0.15, 0.2) is 110 Å². The standard InChI is InChI=1S/C24H23Cl2N5O.C21H17Cl2N3O2/c25-19-5-6-20(26)18(11-19)15-30-10-8-28-23-22(30)12-17(14-29-23)24(32)31-9-2-4-21(31)16-3-1-7-27-13-16;22-15-5-6-18(23)14(9-15)12-26-8-7-24-20-19(26)10-13(11-25-20)16-3-1-2-4-17(16)21(27)28/h1,3,5-7,11-14,21H,2,4,8-10,15H2,(H,28,29);1-6,9-11H,7-8,12H2,(H,24,25)(H,27,28). The Hall–Kier alpha value is -5.59. The van der Waals surface area contributed by atoms with Gasteiger partial charge in [0.05, 0.1) is 28.5 Å². The third-order valence-corrected chi connectivity index (χ3v) is 12.0. The molecule has 1 amide bonds. The van der Waals surface area contributed by atoms with E-state index in [0.717, 1.165) is 90.8 Å². The van der Waals surface area contributed by atoms with E-state index >= 15 is 0 Å². The second-order valence-electron chi connectivity index (χ2n) is 14.6. The molecule has 3 aromatic heterocycles. The summed E-state index contributed by atoms with van der Waals surface area (Å²) in [5.41, 5.74) is 6.97. The smallest absolute Gasteiger partial charge is 0.336 e. The Morgan fingerprint density at radius 1 is 0.717 bits per heavy atom. The number of anilines is 4. The fourth-order valence-corrected chi connectivity index (χ4v) is 8.61. The van der Waals surface area contributed by atoms with Crippen molar-refractivity contribution in [3.8, 4) is 11.1 Å². The highest BCUT2D eigenvalue weighted by atomic mass is 35.5. The number of aromatic carboxylic acids is 1. The molecule has 9 rings (SSSR count). The zero-order chi connectivity index (χ0) is 41.8. The number of amides is 1. The predicted molar refractivity (Wildman–Crippen MR) is 240 cm³/mol. The normalized spacial score (nSPS) is 15.5. The predicted octanol–water partition coefficient (Wildman–Crippen LogP) is 10.4. The van der Waals surface area contributed by atoms with Gasteiger partial charge in [-0.25, -0.2) is 14.8 Å². The van der Waals surface area contributed by atoms with Gasteiger partial charge >= 0.3 is 5.97 Å².